The van der Waals surface area contributed by atoms with Gasteiger partial charge in [0, 0.05) is 24.8 Å². The molecule has 0 saturated heterocycles. The van der Waals surface area contributed by atoms with Crippen molar-refractivity contribution in [3.05, 3.63) is 40.4 Å². The summed E-state index contributed by atoms with van der Waals surface area (Å²) < 4.78 is 0. The molecular formula is C18H26N4O2S. The largest absolute Gasteiger partial charge is 0.352 e. The molecule has 1 aromatic carbocycles. The highest BCUT2D eigenvalue weighted by Gasteiger charge is 2.10. The average molecular weight is 362 g/mol. The molecular weight excluding hydrogens is 336 g/mol. The molecule has 1 heterocycles. The van der Waals surface area contributed by atoms with E-state index in [-0.39, 0.29) is 17.5 Å². The van der Waals surface area contributed by atoms with Crippen LogP contribution in [0.1, 0.15) is 38.4 Å². The molecule has 6 nitrogen and oxygen atoms in total. The number of carbonyl (C=O) groups is 1. The van der Waals surface area contributed by atoms with Crippen molar-refractivity contribution < 1.29 is 4.79 Å². The van der Waals surface area contributed by atoms with Crippen LogP contribution in [0.5, 0.6) is 0 Å². The Morgan fingerprint density at radius 2 is 2.20 bits per heavy atom. The molecule has 2 rings (SSSR count). The van der Waals surface area contributed by atoms with E-state index in [0.717, 1.165) is 19.3 Å². The number of hydrogen-bond acceptors (Lipinski definition) is 5. The van der Waals surface area contributed by atoms with Crippen molar-refractivity contribution in [3.8, 4) is 0 Å². The zero-order valence-electron chi connectivity index (χ0n) is 14.6. The Kier molecular flexibility index (Phi) is 7.94. The van der Waals surface area contributed by atoms with Crippen molar-refractivity contribution in [1.29, 1.82) is 0 Å². The van der Waals surface area contributed by atoms with Crippen LogP contribution in [0, 0.1) is 0 Å². The number of para-hydroxylation sites is 1. The average Bonchev–Trinajstić information content (AvgIpc) is 2.62. The molecule has 1 aromatic heterocycles. The highest BCUT2D eigenvalue weighted by Crippen LogP contribution is 2.12. The van der Waals surface area contributed by atoms with Crippen molar-refractivity contribution >= 4 is 28.6 Å². The van der Waals surface area contributed by atoms with E-state index in [1.54, 1.807) is 17.8 Å². The first-order valence-corrected chi connectivity index (χ1v) is 9.84. The number of nitrogens with one attached hydrogen (secondary N) is 2. The van der Waals surface area contributed by atoms with Crippen LogP contribution in [0.25, 0.3) is 10.9 Å². The van der Waals surface area contributed by atoms with E-state index in [4.69, 9.17) is 5.73 Å². The molecule has 0 fully saturated rings. The van der Waals surface area contributed by atoms with Crippen LogP contribution in [0.15, 0.2) is 29.1 Å². The number of carbonyl (C=O) groups excluding carboxylic acids is 1. The van der Waals surface area contributed by atoms with Gasteiger partial charge in [0.15, 0.2) is 0 Å². The number of aromatic nitrogens is 2. The summed E-state index contributed by atoms with van der Waals surface area (Å²) in [5.41, 5.74) is 6.26. The molecule has 7 heteroatoms. The molecule has 1 unspecified atom stereocenters. The number of thioether (sulfide) groups is 1. The number of amides is 1. The number of benzene rings is 1. The van der Waals surface area contributed by atoms with Crippen molar-refractivity contribution in [3.63, 3.8) is 0 Å². The molecule has 0 spiro atoms. The summed E-state index contributed by atoms with van der Waals surface area (Å²) in [5.74, 6) is 1.91. The Morgan fingerprint density at radius 1 is 1.40 bits per heavy atom. The van der Waals surface area contributed by atoms with Crippen molar-refractivity contribution in [2.24, 2.45) is 5.73 Å². The fraction of sp³-hybridized carbons (Fsp3) is 0.500. The minimum atomic E-state index is -0.124. The highest BCUT2D eigenvalue weighted by atomic mass is 32.2. The number of fused-ring (bicyclic) bond motifs is 1. The van der Waals surface area contributed by atoms with Crippen LogP contribution in [0.4, 0.5) is 0 Å². The second kappa shape index (κ2) is 10.2. The second-order valence-corrected chi connectivity index (χ2v) is 7.08. The third kappa shape index (κ3) is 6.17. The molecule has 0 bridgehead atoms. The molecule has 1 amide bonds. The minimum absolute atomic E-state index is 0.0269. The summed E-state index contributed by atoms with van der Waals surface area (Å²) in [7, 11) is 0. The van der Waals surface area contributed by atoms with Gasteiger partial charge >= 0.3 is 0 Å². The quantitative estimate of drug-likeness (QED) is 0.562. The summed E-state index contributed by atoms with van der Waals surface area (Å²) >= 11 is 1.58. The Balaban J connectivity index is 1.77. The first-order chi connectivity index (χ1) is 12.1. The number of aromatic amines is 1. The van der Waals surface area contributed by atoms with Crippen LogP contribution < -0.4 is 16.6 Å². The third-order valence-corrected chi connectivity index (χ3v) is 4.90. The predicted octanol–water partition coefficient (Wildman–Crippen LogP) is 2.18. The molecule has 4 N–H and O–H groups in total. The van der Waals surface area contributed by atoms with Gasteiger partial charge in [-0.1, -0.05) is 31.9 Å². The zero-order chi connectivity index (χ0) is 18.1. The van der Waals surface area contributed by atoms with Crippen LogP contribution in [0.2, 0.25) is 0 Å². The minimum Gasteiger partial charge on any atom is -0.352 e. The summed E-state index contributed by atoms with van der Waals surface area (Å²) in [5, 5.41) is 3.58. The van der Waals surface area contributed by atoms with Crippen molar-refractivity contribution in [1.82, 2.24) is 15.3 Å². The van der Waals surface area contributed by atoms with Crippen LogP contribution in [0.3, 0.4) is 0 Å². The SMILES string of the molecule is CCCCC(CN)NC(=O)CCSCc1nc2ccccc2c(=O)[nH]1. The van der Waals surface area contributed by atoms with Gasteiger partial charge in [-0.25, -0.2) is 4.98 Å². The molecule has 1 atom stereocenters. The maximum Gasteiger partial charge on any atom is 0.258 e. The lowest BCUT2D eigenvalue weighted by molar-refractivity contribution is -0.121. The standard InChI is InChI=1S/C18H26N4O2S/c1-2-3-6-13(11-19)20-17(23)9-10-25-12-16-21-15-8-5-4-7-14(15)18(24)22-16/h4-5,7-8,13H,2-3,6,9-12,19H2,1H3,(H,20,23)(H,21,22,24). The van der Waals surface area contributed by atoms with Crippen molar-refractivity contribution in [2.45, 2.75) is 44.4 Å². The van der Waals surface area contributed by atoms with E-state index in [1.165, 1.54) is 0 Å². The normalized spacial score (nSPS) is 12.2. The molecule has 0 radical (unpaired) electrons. The van der Waals surface area contributed by atoms with Gasteiger partial charge in [0.1, 0.15) is 5.82 Å². The second-order valence-electron chi connectivity index (χ2n) is 5.97. The van der Waals surface area contributed by atoms with Crippen LogP contribution in [-0.2, 0) is 10.5 Å². The number of unbranched alkanes of at least 4 members (excludes halogenated alkanes) is 1. The van der Waals surface area contributed by atoms with Gasteiger partial charge in [0.05, 0.1) is 16.7 Å². The Bertz CT molecular complexity index is 747. The summed E-state index contributed by atoms with van der Waals surface area (Å²) in [6.45, 7) is 2.60. The number of hydrogen-bond donors (Lipinski definition) is 3. The first kappa shape index (κ1) is 19.5. The number of H-pyrrole nitrogens is 1. The van der Waals surface area contributed by atoms with E-state index in [2.05, 4.69) is 22.2 Å². The molecule has 136 valence electrons. The number of nitrogens with zero attached hydrogens (tertiary/aromatic N) is 1. The smallest absolute Gasteiger partial charge is 0.258 e. The lowest BCUT2D eigenvalue weighted by Crippen LogP contribution is -2.40. The molecule has 0 aliphatic rings. The predicted molar refractivity (Wildman–Crippen MR) is 104 cm³/mol. The number of nitrogens with two attached hydrogens (primary N) is 1. The van der Waals surface area contributed by atoms with Gasteiger partial charge in [0.25, 0.3) is 5.56 Å². The van der Waals surface area contributed by atoms with E-state index in [1.807, 2.05) is 18.2 Å². The maximum atomic E-state index is 12.0. The Hall–Kier alpha value is -1.86. The zero-order valence-corrected chi connectivity index (χ0v) is 15.4. The van der Waals surface area contributed by atoms with E-state index in [0.29, 0.717) is 41.2 Å². The van der Waals surface area contributed by atoms with Gasteiger partial charge in [-0.15, -0.1) is 0 Å². The monoisotopic (exact) mass is 362 g/mol. The van der Waals surface area contributed by atoms with Gasteiger partial charge in [0.2, 0.25) is 5.91 Å². The number of rotatable bonds is 10. The fourth-order valence-electron chi connectivity index (χ4n) is 2.54. The van der Waals surface area contributed by atoms with Gasteiger partial charge in [-0.3, -0.25) is 9.59 Å². The van der Waals surface area contributed by atoms with Crippen LogP contribution in [-0.4, -0.2) is 34.2 Å². The summed E-state index contributed by atoms with van der Waals surface area (Å²) in [6.07, 6.45) is 3.52. The van der Waals surface area contributed by atoms with Gasteiger partial charge in [-0.05, 0) is 18.6 Å². The maximum absolute atomic E-state index is 12.0. The molecule has 2 aromatic rings. The molecule has 25 heavy (non-hydrogen) atoms. The molecule has 0 aliphatic heterocycles. The summed E-state index contributed by atoms with van der Waals surface area (Å²) in [4.78, 5) is 31.2. The van der Waals surface area contributed by atoms with Gasteiger partial charge in [-0.2, -0.15) is 11.8 Å². The molecule has 0 saturated carbocycles. The Morgan fingerprint density at radius 3 is 2.96 bits per heavy atom. The van der Waals surface area contributed by atoms with Gasteiger partial charge < -0.3 is 16.0 Å². The first-order valence-electron chi connectivity index (χ1n) is 8.69. The highest BCUT2D eigenvalue weighted by molar-refractivity contribution is 7.98. The molecule has 0 aliphatic carbocycles. The Labute approximate surface area is 152 Å². The lowest BCUT2D eigenvalue weighted by atomic mass is 10.1. The van der Waals surface area contributed by atoms with E-state index < -0.39 is 0 Å². The lowest BCUT2D eigenvalue weighted by Gasteiger charge is -2.16. The topological polar surface area (TPSA) is 101 Å². The van der Waals surface area contributed by atoms with E-state index >= 15 is 0 Å². The summed E-state index contributed by atoms with van der Waals surface area (Å²) in [6, 6.07) is 7.34. The third-order valence-electron chi connectivity index (χ3n) is 3.93. The van der Waals surface area contributed by atoms with Crippen molar-refractivity contribution in [2.75, 3.05) is 12.3 Å². The van der Waals surface area contributed by atoms with E-state index in [9.17, 15) is 9.59 Å². The fourth-order valence-corrected chi connectivity index (χ4v) is 3.34. The van der Waals surface area contributed by atoms with Crippen LogP contribution >= 0.6 is 11.8 Å².